The summed E-state index contributed by atoms with van der Waals surface area (Å²) in [5.74, 6) is 0. The summed E-state index contributed by atoms with van der Waals surface area (Å²) in [5, 5.41) is 3.38. The number of halogens is 1. The third-order valence-electron chi connectivity index (χ3n) is 2.37. The zero-order valence-corrected chi connectivity index (χ0v) is 8.31. The largest absolute Gasteiger partial charge is 0.385 e. The number of fused-ring (bicyclic) bond motifs is 1. The Kier molecular flexibility index (Phi) is 3.58. The van der Waals surface area contributed by atoms with Gasteiger partial charge in [0, 0.05) is 18.3 Å². The molecule has 0 bridgehead atoms. The summed E-state index contributed by atoms with van der Waals surface area (Å²) in [6.07, 6.45) is 2.25. The zero-order valence-electron chi connectivity index (χ0n) is 7.49. The van der Waals surface area contributed by atoms with Crippen LogP contribution in [0, 0.1) is 0 Å². The van der Waals surface area contributed by atoms with Crippen molar-refractivity contribution in [3.8, 4) is 0 Å². The van der Waals surface area contributed by atoms with Gasteiger partial charge >= 0.3 is 0 Å². The van der Waals surface area contributed by atoms with E-state index >= 15 is 0 Å². The SMILES string of the molecule is Cl.NC1CCCNc2ccccc21. The van der Waals surface area contributed by atoms with Crippen LogP contribution in [0.2, 0.25) is 0 Å². The van der Waals surface area contributed by atoms with Crippen molar-refractivity contribution in [1.82, 2.24) is 0 Å². The van der Waals surface area contributed by atoms with Crippen molar-refractivity contribution < 1.29 is 0 Å². The number of nitrogens with two attached hydrogens (primary N) is 1. The van der Waals surface area contributed by atoms with Crippen molar-refractivity contribution >= 4 is 18.1 Å². The monoisotopic (exact) mass is 198 g/mol. The molecule has 1 heterocycles. The number of anilines is 1. The normalized spacial score (nSPS) is 20.5. The van der Waals surface area contributed by atoms with Crippen LogP contribution in [-0.2, 0) is 0 Å². The highest BCUT2D eigenvalue weighted by Crippen LogP contribution is 2.26. The molecule has 1 aliphatic heterocycles. The molecule has 0 saturated carbocycles. The van der Waals surface area contributed by atoms with Gasteiger partial charge < -0.3 is 11.1 Å². The summed E-state index contributed by atoms with van der Waals surface area (Å²) >= 11 is 0. The zero-order chi connectivity index (χ0) is 8.39. The van der Waals surface area contributed by atoms with Crippen molar-refractivity contribution in [1.29, 1.82) is 0 Å². The molecule has 3 N–H and O–H groups in total. The van der Waals surface area contributed by atoms with Crippen molar-refractivity contribution in [2.75, 3.05) is 11.9 Å². The van der Waals surface area contributed by atoms with Gasteiger partial charge in [-0.25, -0.2) is 0 Å². The lowest BCUT2D eigenvalue weighted by Gasteiger charge is -2.11. The molecule has 13 heavy (non-hydrogen) atoms. The van der Waals surface area contributed by atoms with Gasteiger partial charge in [0.25, 0.3) is 0 Å². The predicted molar refractivity (Wildman–Crippen MR) is 58.3 cm³/mol. The molecule has 1 unspecified atom stereocenters. The van der Waals surface area contributed by atoms with Crippen molar-refractivity contribution in [2.45, 2.75) is 18.9 Å². The molecule has 1 atom stereocenters. The molecule has 0 amide bonds. The molecule has 3 heteroatoms. The second-order valence-corrected chi connectivity index (χ2v) is 3.26. The number of hydrogen-bond donors (Lipinski definition) is 2. The molecule has 0 fully saturated rings. The summed E-state index contributed by atoms with van der Waals surface area (Å²) in [7, 11) is 0. The van der Waals surface area contributed by atoms with E-state index in [4.69, 9.17) is 5.73 Å². The summed E-state index contributed by atoms with van der Waals surface area (Å²) in [5.41, 5.74) is 8.48. The Morgan fingerprint density at radius 2 is 2.08 bits per heavy atom. The van der Waals surface area contributed by atoms with Crippen LogP contribution >= 0.6 is 12.4 Å². The Hall–Kier alpha value is -0.730. The number of nitrogens with one attached hydrogen (secondary N) is 1. The molecular formula is C10H15ClN2. The highest BCUT2D eigenvalue weighted by atomic mass is 35.5. The van der Waals surface area contributed by atoms with E-state index < -0.39 is 0 Å². The fraction of sp³-hybridized carbons (Fsp3) is 0.400. The first-order chi connectivity index (χ1) is 5.88. The smallest absolute Gasteiger partial charge is 0.0388 e. The van der Waals surface area contributed by atoms with E-state index in [1.807, 2.05) is 12.1 Å². The Morgan fingerprint density at radius 3 is 2.92 bits per heavy atom. The van der Waals surface area contributed by atoms with Gasteiger partial charge in [-0.3, -0.25) is 0 Å². The van der Waals surface area contributed by atoms with Crippen LogP contribution in [0.3, 0.4) is 0 Å². The summed E-state index contributed by atoms with van der Waals surface area (Å²) in [6.45, 7) is 1.05. The molecule has 0 aliphatic carbocycles. The van der Waals surface area contributed by atoms with Gasteiger partial charge in [0.15, 0.2) is 0 Å². The van der Waals surface area contributed by atoms with Gasteiger partial charge in [-0.2, -0.15) is 0 Å². The number of hydrogen-bond acceptors (Lipinski definition) is 2. The summed E-state index contributed by atoms with van der Waals surface area (Å²) in [6, 6.07) is 8.52. The maximum Gasteiger partial charge on any atom is 0.0388 e. The molecule has 72 valence electrons. The average Bonchev–Trinajstić information content (AvgIpc) is 2.29. The summed E-state index contributed by atoms with van der Waals surface area (Å²) < 4.78 is 0. The third kappa shape index (κ3) is 2.14. The number of rotatable bonds is 0. The van der Waals surface area contributed by atoms with Crippen molar-refractivity contribution in [2.24, 2.45) is 5.73 Å². The van der Waals surface area contributed by atoms with Crippen LogP contribution in [0.25, 0.3) is 0 Å². The molecule has 1 aromatic rings. The van der Waals surface area contributed by atoms with Gasteiger partial charge in [0.2, 0.25) is 0 Å². The maximum absolute atomic E-state index is 6.01. The molecule has 2 rings (SSSR count). The second-order valence-electron chi connectivity index (χ2n) is 3.26. The van der Waals surface area contributed by atoms with Gasteiger partial charge in [0.1, 0.15) is 0 Å². The molecule has 2 nitrogen and oxygen atoms in total. The highest BCUT2D eigenvalue weighted by Gasteiger charge is 2.12. The van der Waals surface area contributed by atoms with Crippen LogP contribution in [0.4, 0.5) is 5.69 Å². The minimum atomic E-state index is 0. The predicted octanol–water partition coefficient (Wildman–Crippen LogP) is 2.31. The first-order valence-corrected chi connectivity index (χ1v) is 4.46. The van der Waals surface area contributed by atoms with E-state index in [1.165, 1.54) is 11.3 Å². The average molecular weight is 199 g/mol. The Bertz CT molecular complexity index is 275. The van der Waals surface area contributed by atoms with Crippen LogP contribution < -0.4 is 11.1 Å². The molecule has 0 radical (unpaired) electrons. The minimum absolute atomic E-state index is 0. The Morgan fingerprint density at radius 1 is 1.31 bits per heavy atom. The lowest BCUT2D eigenvalue weighted by atomic mass is 10.0. The number of para-hydroxylation sites is 1. The number of benzene rings is 1. The second kappa shape index (κ2) is 4.49. The molecule has 0 saturated heterocycles. The molecular weight excluding hydrogens is 184 g/mol. The van der Waals surface area contributed by atoms with Gasteiger partial charge in [0.05, 0.1) is 0 Å². The third-order valence-corrected chi connectivity index (χ3v) is 2.37. The lowest BCUT2D eigenvalue weighted by Crippen LogP contribution is -2.08. The Balaban J connectivity index is 0.000000845. The lowest BCUT2D eigenvalue weighted by molar-refractivity contribution is 0.642. The molecule has 1 aromatic carbocycles. The summed E-state index contributed by atoms with van der Waals surface area (Å²) in [4.78, 5) is 0. The van der Waals surface area contributed by atoms with Gasteiger partial charge in [-0.15, -0.1) is 12.4 Å². The quantitative estimate of drug-likeness (QED) is 0.672. The van der Waals surface area contributed by atoms with Crippen LogP contribution in [-0.4, -0.2) is 6.54 Å². The first-order valence-electron chi connectivity index (χ1n) is 4.46. The van der Waals surface area contributed by atoms with E-state index in [-0.39, 0.29) is 18.4 Å². The van der Waals surface area contributed by atoms with E-state index in [0.29, 0.717) is 0 Å². The van der Waals surface area contributed by atoms with Crippen molar-refractivity contribution in [3.63, 3.8) is 0 Å². The van der Waals surface area contributed by atoms with E-state index in [1.54, 1.807) is 0 Å². The van der Waals surface area contributed by atoms with Gasteiger partial charge in [-0.1, -0.05) is 18.2 Å². The maximum atomic E-state index is 6.01. The topological polar surface area (TPSA) is 38.0 Å². The standard InChI is InChI=1S/C10H14N2.ClH/c11-9-5-3-7-12-10-6-2-1-4-8(9)10;/h1-2,4,6,9,12H,3,5,7,11H2;1H. The minimum Gasteiger partial charge on any atom is -0.385 e. The van der Waals surface area contributed by atoms with Crippen LogP contribution in [0.1, 0.15) is 24.4 Å². The van der Waals surface area contributed by atoms with Crippen molar-refractivity contribution in [3.05, 3.63) is 29.8 Å². The highest BCUT2D eigenvalue weighted by molar-refractivity contribution is 5.85. The van der Waals surface area contributed by atoms with Gasteiger partial charge in [-0.05, 0) is 24.5 Å². The fourth-order valence-corrected chi connectivity index (χ4v) is 1.68. The van der Waals surface area contributed by atoms with E-state index in [9.17, 15) is 0 Å². The molecule has 1 aliphatic rings. The van der Waals surface area contributed by atoms with Crippen LogP contribution in [0.5, 0.6) is 0 Å². The molecule has 0 spiro atoms. The van der Waals surface area contributed by atoms with E-state index in [0.717, 1.165) is 19.4 Å². The fourth-order valence-electron chi connectivity index (χ4n) is 1.68. The van der Waals surface area contributed by atoms with E-state index in [2.05, 4.69) is 17.4 Å². The first kappa shape index (κ1) is 10.4. The molecule has 0 aromatic heterocycles. The Labute approximate surface area is 84.9 Å². The van der Waals surface area contributed by atoms with Crippen LogP contribution in [0.15, 0.2) is 24.3 Å².